The minimum Gasteiger partial charge on any atom is -0.716 e. The Hall–Kier alpha value is 1.09. The predicted octanol–water partition coefficient (Wildman–Crippen LogP) is -7.93. The molecule has 0 heterocycles. The van der Waals surface area contributed by atoms with Crippen LogP contribution in [0.1, 0.15) is 0 Å². The second-order valence-corrected chi connectivity index (χ2v) is 3.20. The summed E-state index contributed by atoms with van der Waals surface area (Å²) in [5, 5.41) is 0. The van der Waals surface area contributed by atoms with Gasteiger partial charge in [0.2, 0.25) is 0 Å². The van der Waals surface area contributed by atoms with Gasteiger partial charge in [-0.25, -0.2) is 21.6 Å². The second kappa shape index (κ2) is 7.38. The van der Waals surface area contributed by atoms with E-state index in [0.29, 0.717) is 0 Å². The molecule has 0 aromatic heterocycles. The number of carbonyl (C=O) groups excluding carboxylic acids is 1. The zero-order valence-corrected chi connectivity index (χ0v) is 12.6. The molecule has 0 saturated carbocycles. The molecule has 0 spiro atoms. The zero-order valence-electron chi connectivity index (χ0n) is 6.99. The van der Waals surface area contributed by atoms with Crippen LogP contribution < -0.4 is 59.1 Å². The van der Waals surface area contributed by atoms with Gasteiger partial charge in [-0.15, -0.1) is 0 Å². The van der Waals surface area contributed by atoms with Crippen molar-refractivity contribution in [3.63, 3.8) is 0 Å². The molecule has 0 atom stereocenters. The van der Waals surface area contributed by atoms with Crippen LogP contribution in [0.25, 0.3) is 0 Å². The fourth-order valence-electron chi connectivity index (χ4n) is 0.181. The summed E-state index contributed by atoms with van der Waals surface area (Å²) in [7, 11) is -10.8. The average Bonchev–Trinajstić information content (AvgIpc) is 1.49. The fraction of sp³-hybridized carbons (Fsp3) is 0. The van der Waals surface area contributed by atoms with Gasteiger partial charge in [0.15, 0.2) is 0 Å². The third-order valence-electron chi connectivity index (χ3n) is 0.340. The molecule has 13 heteroatoms. The van der Waals surface area contributed by atoms with Crippen LogP contribution in [0, 0.1) is 0 Å². The van der Waals surface area contributed by atoms with E-state index in [1.54, 1.807) is 0 Å². The van der Waals surface area contributed by atoms with Gasteiger partial charge in [-0.1, -0.05) is 0 Å². The first kappa shape index (κ1) is 20.5. The molecule has 14 heavy (non-hydrogen) atoms. The minimum absolute atomic E-state index is 0. The number of carbonyl (C=O) groups is 1. The van der Waals surface area contributed by atoms with Crippen LogP contribution in [0.5, 0.6) is 0 Å². The molecule has 0 aliphatic carbocycles. The molecule has 0 aliphatic rings. The normalized spacial score (nSPS) is 10.4. The third kappa shape index (κ3) is 15.6. The Bertz CT molecular complexity index is 328. The van der Waals surface area contributed by atoms with E-state index in [1.165, 1.54) is 0 Å². The van der Waals surface area contributed by atoms with Crippen LogP contribution in [-0.4, -0.2) is 32.1 Å². The van der Waals surface area contributed by atoms with Crippen LogP contribution >= 0.6 is 0 Å². The maximum atomic E-state index is 9.87. The molecule has 0 aromatic rings. The van der Waals surface area contributed by atoms with Crippen LogP contribution in [0.3, 0.4) is 0 Å². The van der Waals surface area contributed by atoms with Crippen molar-refractivity contribution in [3.8, 4) is 0 Å². The summed E-state index contributed by atoms with van der Waals surface area (Å²) in [6, 6.07) is 0. The first-order chi connectivity index (χ1) is 5.10. The monoisotopic (exact) mass is 266 g/mol. The Morgan fingerprint density at radius 2 is 1.07 bits per heavy atom. The molecule has 0 bridgehead atoms. The van der Waals surface area contributed by atoms with E-state index >= 15 is 0 Å². The van der Waals surface area contributed by atoms with E-state index in [2.05, 4.69) is 8.37 Å². The standard InChI is InChI=1S/CH2O9S2.2Na/c2-1(9-11(3,4)5)10-12(6,7)8;;/h(H,3,4,5)(H,6,7,8);;/q;2*+1/p-2. The van der Waals surface area contributed by atoms with Crippen molar-refractivity contribution >= 4 is 27.0 Å². The molecule has 0 fully saturated rings. The summed E-state index contributed by atoms with van der Waals surface area (Å²) in [6.45, 7) is 0. The molecule has 0 aromatic carbocycles. The molecule has 72 valence electrons. The molecule has 0 aliphatic heterocycles. The molecule has 0 rings (SSSR count). The molecule has 0 unspecified atom stereocenters. The average molecular weight is 266 g/mol. The fourth-order valence-corrected chi connectivity index (χ4v) is 0.625. The van der Waals surface area contributed by atoms with Crippen molar-refractivity contribution in [1.29, 1.82) is 0 Å². The van der Waals surface area contributed by atoms with Crippen molar-refractivity contribution in [2.45, 2.75) is 0 Å². The van der Waals surface area contributed by atoms with E-state index in [-0.39, 0.29) is 59.1 Å². The van der Waals surface area contributed by atoms with Gasteiger partial charge in [0.1, 0.15) is 0 Å². The summed E-state index contributed by atoms with van der Waals surface area (Å²) in [5.41, 5.74) is 0. The smallest absolute Gasteiger partial charge is 0.716 e. The van der Waals surface area contributed by atoms with Crippen molar-refractivity contribution in [2.24, 2.45) is 0 Å². The van der Waals surface area contributed by atoms with Crippen LogP contribution in [0.15, 0.2) is 0 Å². The maximum absolute atomic E-state index is 9.87. The summed E-state index contributed by atoms with van der Waals surface area (Å²) in [6.07, 6.45) is -2.42. The van der Waals surface area contributed by atoms with E-state index in [1.807, 2.05) is 0 Å². The summed E-state index contributed by atoms with van der Waals surface area (Å²) < 4.78 is 62.9. The molecular weight excluding hydrogens is 266 g/mol. The van der Waals surface area contributed by atoms with Crippen LogP contribution in [0.2, 0.25) is 0 Å². The molecular formula is CNa2O9S2. The molecule has 0 amide bonds. The third-order valence-corrected chi connectivity index (χ3v) is 1.02. The van der Waals surface area contributed by atoms with Gasteiger partial charge in [0.05, 0.1) is 0 Å². The molecule has 0 radical (unpaired) electrons. The summed E-state index contributed by atoms with van der Waals surface area (Å²) in [4.78, 5) is 9.87. The van der Waals surface area contributed by atoms with E-state index < -0.39 is 27.0 Å². The predicted molar refractivity (Wildman–Crippen MR) is 27.0 cm³/mol. The largest absolute Gasteiger partial charge is 1.00 e. The summed E-state index contributed by atoms with van der Waals surface area (Å²) in [5.74, 6) is 0. The number of hydrogen-bond acceptors (Lipinski definition) is 9. The molecule has 0 N–H and O–H groups in total. The maximum Gasteiger partial charge on any atom is 1.00 e. The first-order valence-corrected chi connectivity index (χ1v) is 4.61. The van der Waals surface area contributed by atoms with Gasteiger partial charge < -0.3 is 17.5 Å². The number of rotatable bonds is 2. The molecule has 0 saturated heterocycles. The Kier molecular flexibility index (Phi) is 10.8. The van der Waals surface area contributed by atoms with E-state index in [9.17, 15) is 30.7 Å². The van der Waals surface area contributed by atoms with E-state index in [0.717, 1.165) is 0 Å². The van der Waals surface area contributed by atoms with Gasteiger partial charge in [-0.05, 0) is 0 Å². The van der Waals surface area contributed by atoms with Gasteiger partial charge in [0.25, 0.3) is 20.8 Å². The van der Waals surface area contributed by atoms with Gasteiger partial charge in [0, 0.05) is 0 Å². The van der Waals surface area contributed by atoms with Gasteiger partial charge in [-0.2, -0.15) is 0 Å². The Balaban J connectivity index is -0.000000605. The van der Waals surface area contributed by atoms with Crippen molar-refractivity contribution in [2.75, 3.05) is 0 Å². The van der Waals surface area contributed by atoms with Crippen molar-refractivity contribution in [3.05, 3.63) is 0 Å². The van der Waals surface area contributed by atoms with Gasteiger partial charge >= 0.3 is 65.3 Å². The summed E-state index contributed by atoms with van der Waals surface area (Å²) >= 11 is 0. The second-order valence-electron chi connectivity index (χ2n) is 1.23. The van der Waals surface area contributed by atoms with E-state index in [4.69, 9.17) is 0 Å². The van der Waals surface area contributed by atoms with Crippen LogP contribution in [-0.2, 0) is 29.2 Å². The zero-order chi connectivity index (χ0) is 9.99. The Morgan fingerprint density at radius 1 is 0.857 bits per heavy atom. The topological polar surface area (TPSA) is 150 Å². The van der Waals surface area contributed by atoms with Crippen molar-refractivity contribution < 1.29 is 98.2 Å². The first-order valence-electron chi connectivity index (χ1n) is 1.95. The van der Waals surface area contributed by atoms with Crippen molar-refractivity contribution in [1.82, 2.24) is 0 Å². The minimum atomic E-state index is -5.42. The molecule has 9 nitrogen and oxygen atoms in total. The number of hydrogen-bond donors (Lipinski definition) is 0. The van der Waals surface area contributed by atoms with Gasteiger partial charge in [-0.3, -0.25) is 0 Å². The quantitative estimate of drug-likeness (QED) is 0.269. The van der Waals surface area contributed by atoms with Crippen LogP contribution in [0.4, 0.5) is 4.79 Å². The Labute approximate surface area is 124 Å². The SMILES string of the molecule is O=C(OS(=O)(=O)[O-])OS(=O)(=O)[O-].[Na+].[Na+]. The Morgan fingerprint density at radius 3 is 1.21 bits per heavy atom.